The van der Waals surface area contributed by atoms with E-state index in [-0.39, 0.29) is 53.5 Å². The Hall–Kier alpha value is -5.65. The minimum absolute atomic E-state index is 0.0192. The molecule has 1 aliphatic rings. The van der Waals surface area contributed by atoms with Gasteiger partial charge in [0.25, 0.3) is 0 Å². The highest BCUT2D eigenvalue weighted by Gasteiger charge is 2.37. The molecule has 0 fully saturated rings. The van der Waals surface area contributed by atoms with Crippen LogP contribution in [0.4, 0.5) is 10.5 Å². The average Bonchev–Trinajstić information content (AvgIpc) is 3.59. The van der Waals surface area contributed by atoms with Crippen molar-refractivity contribution in [2.45, 2.75) is 71.6 Å². The van der Waals surface area contributed by atoms with Gasteiger partial charge in [-0.2, -0.15) is 0 Å². The molecular weight excluding hydrogens is 713 g/mol. The van der Waals surface area contributed by atoms with Gasteiger partial charge in [0.05, 0.1) is 5.69 Å². The Morgan fingerprint density at radius 3 is 1.95 bits per heavy atom. The van der Waals surface area contributed by atoms with Gasteiger partial charge in [-0.05, 0) is 70.9 Å². The second-order valence-electron chi connectivity index (χ2n) is 15.1. The zero-order chi connectivity index (χ0) is 39.2. The van der Waals surface area contributed by atoms with Gasteiger partial charge in [-0.15, -0.1) is 0 Å². The number of anilines is 1. The van der Waals surface area contributed by atoms with E-state index in [2.05, 4.69) is 33.9 Å². The average molecular weight is 761 g/mol. The molecule has 0 atom stereocenters. The fourth-order valence-electron chi connectivity index (χ4n) is 6.14. The first-order valence-electron chi connectivity index (χ1n) is 18.4. The van der Waals surface area contributed by atoms with E-state index in [1.807, 2.05) is 103 Å². The first-order valence-corrected chi connectivity index (χ1v) is 21.4. The van der Waals surface area contributed by atoms with Crippen LogP contribution >= 0.6 is 0 Å². The zero-order valence-electron chi connectivity index (χ0n) is 32.0. The monoisotopic (exact) mass is 760 g/mol. The fraction of sp³-hybridized carbons (Fsp3) is 0.295. The topological polar surface area (TPSA) is 128 Å². The first-order chi connectivity index (χ1) is 26.3. The number of hydrogen-bond donors (Lipinski definition) is 2. The predicted molar refractivity (Wildman–Crippen MR) is 214 cm³/mol. The van der Waals surface area contributed by atoms with Gasteiger partial charge < -0.3 is 28.8 Å². The lowest BCUT2D eigenvalue weighted by Crippen LogP contribution is -2.41. The summed E-state index contributed by atoms with van der Waals surface area (Å²) in [6.45, 7) is 11.6. The summed E-state index contributed by atoms with van der Waals surface area (Å²) in [5.41, 5.74) is 5.06. The van der Waals surface area contributed by atoms with Crippen molar-refractivity contribution >= 4 is 26.1 Å². The van der Waals surface area contributed by atoms with Crippen molar-refractivity contribution in [2.75, 3.05) is 18.1 Å². The molecule has 2 heterocycles. The van der Waals surface area contributed by atoms with Crippen LogP contribution in [0.25, 0.3) is 11.3 Å². The Morgan fingerprint density at radius 2 is 1.38 bits per heavy atom. The van der Waals surface area contributed by atoms with Crippen LogP contribution in [0.1, 0.15) is 58.9 Å². The number of hydrogen-bond acceptors (Lipinski definition) is 8. The second-order valence-corrected chi connectivity index (χ2v) is 19.9. The van der Waals surface area contributed by atoms with Crippen LogP contribution in [0.2, 0.25) is 18.1 Å². The van der Waals surface area contributed by atoms with Crippen molar-refractivity contribution < 1.29 is 38.4 Å². The molecule has 10 nitrogen and oxygen atoms in total. The van der Waals surface area contributed by atoms with Crippen molar-refractivity contribution in [3.8, 4) is 28.6 Å². The van der Waals surface area contributed by atoms with Crippen LogP contribution in [0, 0.1) is 0 Å². The number of carboxylic acid groups (broad SMARTS) is 1. The maximum atomic E-state index is 14.1. The number of esters is 1. The highest BCUT2D eigenvalue weighted by Crippen LogP contribution is 2.46. The van der Waals surface area contributed by atoms with E-state index in [0.717, 1.165) is 27.8 Å². The van der Waals surface area contributed by atoms with Crippen LogP contribution in [-0.2, 0) is 41.8 Å². The fourth-order valence-corrected chi connectivity index (χ4v) is 7.18. The number of rotatable bonds is 14. The van der Waals surface area contributed by atoms with Crippen LogP contribution in [0.5, 0.6) is 17.4 Å². The van der Waals surface area contributed by atoms with Gasteiger partial charge in [0, 0.05) is 18.7 Å². The van der Waals surface area contributed by atoms with E-state index in [1.165, 1.54) is 4.90 Å². The lowest BCUT2D eigenvalue weighted by molar-refractivity contribution is 0.0459. The Balaban J connectivity index is 1.50. The molecule has 0 aliphatic carbocycles. The molecule has 0 unspecified atom stereocenters. The van der Waals surface area contributed by atoms with Gasteiger partial charge in [-0.1, -0.05) is 112 Å². The Morgan fingerprint density at radius 1 is 0.818 bits per heavy atom. The van der Waals surface area contributed by atoms with Crippen molar-refractivity contribution in [1.29, 1.82) is 0 Å². The molecule has 0 bridgehead atoms. The number of aromatic hydroxyl groups is 1. The molecule has 0 saturated carbocycles. The summed E-state index contributed by atoms with van der Waals surface area (Å²) >= 11 is 0. The summed E-state index contributed by atoms with van der Waals surface area (Å²) in [7, 11) is -2.14. The van der Waals surface area contributed by atoms with E-state index in [1.54, 1.807) is 0 Å². The Kier molecular flexibility index (Phi) is 11.9. The summed E-state index contributed by atoms with van der Waals surface area (Å²) in [6, 6.07) is 31.9. The standard InChI is InChI=1S/C44H48N2O8Si/c1-44(2,3)55(4,5)54-24-22-33-26-36-34(21-23-46(36)43(49)50)25-35(33)38-39(47)40(51-27-30-15-9-6-10-16-30)37(42(48)53-29-32-19-13-8-14-20-32)41(45-38)52-28-31-17-11-7-12-18-31/h6-20,25-26,47H,21-24,27-29H2,1-5H3,(H,49,50). The molecule has 286 valence electrons. The highest BCUT2D eigenvalue weighted by atomic mass is 28.4. The second kappa shape index (κ2) is 16.8. The molecule has 2 N–H and O–H groups in total. The van der Waals surface area contributed by atoms with Crippen molar-refractivity contribution in [1.82, 2.24) is 4.98 Å². The quantitative estimate of drug-likeness (QED) is 0.0840. The molecule has 6 rings (SSSR count). The number of amides is 1. The van der Waals surface area contributed by atoms with E-state index in [4.69, 9.17) is 23.6 Å². The third-order valence-corrected chi connectivity index (χ3v) is 14.8. The van der Waals surface area contributed by atoms with Gasteiger partial charge in [0.15, 0.2) is 25.4 Å². The van der Waals surface area contributed by atoms with Crippen LogP contribution in [-0.4, -0.2) is 48.7 Å². The smallest absolute Gasteiger partial charge is 0.411 e. The number of nitrogens with zero attached hydrogens (tertiary/aromatic N) is 2. The minimum atomic E-state index is -2.14. The molecule has 1 aromatic heterocycles. The van der Waals surface area contributed by atoms with Gasteiger partial charge in [-0.3, -0.25) is 4.90 Å². The molecule has 0 spiro atoms. The summed E-state index contributed by atoms with van der Waals surface area (Å²) < 4.78 is 25.1. The third-order valence-electron chi connectivity index (χ3n) is 10.3. The summed E-state index contributed by atoms with van der Waals surface area (Å²) in [5, 5.41) is 22.2. The SMILES string of the molecule is CC(C)(C)[Si](C)(C)OCCc1cc2c(cc1-c1nc(OCc3ccccc3)c(C(=O)OCc3ccccc3)c(OCc3ccccc3)c1O)CCN2C(=O)O. The van der Waals surface area contributed by atoms with Crippen LogP contribution in [0.15, 0.2) is 103 Å². The largest absolute Gasteiger partial charge is 0.503 e. The summed E-state index contributed by atoms with van der Waals surface area (Å²) in [6.07, 6.45) is -0.151. The van der Waals surface area contributed by atoms with E-state index in [0.29, 0.717) is 37.2 Å². The van der Waals surface area contributed by atoms with E-state index >= 15 is 0 Å². The normalized spacial score (nSPS) is 12.6. The van der Waals surface area contributed by atoms with Gasteiger partial charge in [-0.25, -0.2) is 14.6 Å². The molecule has 1 amide bonds. The number of carbonyl (C=O) groups excluding carboxylic acids is 1. The zero-order valence-corrected chi connectivity index (χ0v) is 33.0. The summed E-state index contributed by atoms with van der Waals surface area (Å²) in [4.78, 5) is 32.5. The molecule has 55 heavy (non-hydrogen) atoms. The van der Waals surface area contributed by atoms with E-state index in [9.17, 15) is 19.8 Å². The molecule has 5 aromatic rings. The highest BCUT2D eigenvalue weighted by molar-refractivity contribution is 6.74. The predicted octanol–water partition coefficient (Wildman–Crippen LogP) is 9.57. The van der Waals surface area contributed by atoms with Crippen LogP contribution < -0.4 is 14.4 Å². The number of benzene rings is 4. The maximum Gasteiger partial charge on any atom is 0.411 e. The lowest BCUT2D eigenvalue weighted by atomic mass is 9.96. The number of pyridine rings is 1. The number of fused-ring (bicyclic) bond motifs is 1. The molecule has 4 aromatic carbocycles. The van der Waals surface area contributed by atoms with Crippen LogP contribution in [0.3, 0.4) is 0 Å². The van der Waals surface area contributed by atoms with Crippen molar-refractivity contribution in [2.24, 2.45) is 0 Å². The van der Waals surface area contributed by atoms with E-state index < -0.39 is 20.4 Å². The van der Waals surface area contributed by atoms with Gasteiger partial charge in [0.2, 0.25) is 5.88 Å². The van der Waals surface area contributed by atoms with Crippen molar-refractivity contribution in [3.05, 3.63) is 137 Å². The third kappa shape index (κ3) is 9.18. The number of carbonyl (C=O) groups is 2. The molecule has 0 saturated heterocycles. The molecular formula is C44H48N2O8Si. The Bertz CT molecular complexity index is 2120. The molecule has 0 radical (unpaired) electrons. The Labute approximate surface area is 323 Å². The summed E-state index contributed by atoms with van der Waals surface area (Å²) in [5.74, 6) is -1.35. The number of ether oxygens (including phenoxy) is 3. The first kappa shape index (κ1) is 39.1. The minimum Gasteiger partial charge on any atom is -0.503 e. The molecule has 11 heteroatoms. The van der Waals surface area contributed by atoms with Crippen molar-refractivity contribution in [3.63, 3.8) is 0 Å². The number of aromatic nitrogens is 1. The maximum absolute atomic E-state index is 14.1. The van der Waals surface area contributed by atoms with Gasteiger partial charge >= 0.3 is 12.1 Å². The lowest BCUT2D eigenvalue weighted by Gasteiger charge is -2.36. The molecule has 1 aliphatic heterocycles. The van der Waals surface area contributed by atoms with Gasteiger partial charge in [0.1, 0.15) is 25.5 Å².